The Labute approximate surface area is 155 Å². The summed E-state index contributed by atoms with van der Waals surface area (Å²) in [6, 6.07) is 6.81. The lowest BCUT2D eigenvalue weighted by Crippen LogP contribution is -2.29. The zero-order valence-electron chi connectivity index (χ0n) is 14.0. The smallest absolute Gasteiger partial charge is 0.331 e. The molecular weight excluding hydrogens is 362 g/mol. The van der Waals surface area contributed by atoms with E-state index in [-0.39, 0.29) is 0 Å². The van der Waals surface area contributed by atoms with Crippen molar-refractivity contribution in [3.05, 3.63) is 51.2 Å². The Bertz CT molecular complexity index is 800. The fourth-order valence-electron chi connectivity index (χ4n) is 1.95. The Morgan fingerprint density at radius 3 is 2.68 bits per heavy atom. The van der Waals surface area contributed by atoms with Gasteiger partial charge < -0.3 is 14.8 Å². The molecule has 0 bridgehead atoms. The Balaban J connectivity index is 1.91. The highest BCUT2D eigenvalue weighted by Gasteiger charge is 2.17. The molecule has 132 valence electrons. The minimum Gasteiger partial charge on any atom is -0.495 e. The fourth-order valence-corrected chi connectivity index (χ4v) is 3.03. The van der Waals surface area contributed by atoms with Crippen LogP contribution >= 0.6 is 22.9 Å². The number of halogens is 1. The summed E-state index contributed by atoms with van der Waals surface area (Å²) in [6.45, 7) is 3.46. The van der Waals surface area contributed by atoms with Crippen LogP contribution in [0.15, 0.2) is 35.7 Å². The number of nitrogens with one attached hydrogen (secondary N) is 1. The van der Waals surface area contributed by atoms with Gasteiger partial charge in [-0.3, -0.25) is 4.79 Å². The van der Waals surface area contributed by atoms with Gasteiger partial charge in [-0.2, -0.15) is 0 Å². The van der Waals surface area contributed by atoms with Gasteiger partial charge in [0, 0.05) is 16.6 Å². The summed E-state index contributed by atoms with van der Waals surface area (Å²) in [4.78, 5) is 24.9. The van der Waals surface area contributed by atoms with E-state index < -0.39 is 18.0 Å². The van der Waals surface area contributed by atoms with Crippen molar-refractivity contribution in [2.75, 3.05) is 12.4 Å². The van der Waals surface area contributed by atoms with Crippen LogP contribution in [0.5, 0.6) is 5.75 Å². The summed E-state index contributed by atoms with van der Waals surface area (Å²) in [6.07, 6.45) is 2.05. The molecule has 25 heavy (non-hydrogen) atoms. The Morgan fingerprint density at radius 1 is 1.32 bits per heavy atom. The normalized spacial score (nSPS) is 12.0. The van der Waals surface area contributed by atoms with Gasteiger partial charge in [-0.1, -0.05) is 11.6 Å². The first-order valence-electron chi connectivity index (χ1n) is 7.48. The molecular formula is C18H18ClNO4S. The summed E-state index contributed by atoms with van der Waals surface area (Å²) in [5.41, 5.74) is 1.57. The minimum absolute atomic E-state index is 0.374. The topological polar surface area (TPSA) is 64.6 Å². The number of carbonyl (C=O) groups excluding carboxylic acids is 2. The van der Waals surface area contributed by atoms with Gasteiger partial charge >= 0.3 is 5.97 Å². The van der Waals surface area contributed by atoms with Crippen LogP contribution in [0, 0.1) is 6.92 Å². The van der Waals surface area contributed by atoms with Gasteiger partial charge in [-0.05, 0) is 55.1 Å². The molecule has 1 atom stereocenters. The van der Waals surface area contributed by atoms with Crippen LogP contribution in [-0.2, 0) is 14.3 Å². The predicted octanol–water partition coefficient (Wildman–Crippen LogP) is 4.30. The maximum Gasteiger partial charge on any atom is 0.331 e. The summed E-state index contributed by atoms with van der Waals surface area (Å²) >= 11 is 7.54. The number of hydrogen-bond donors (Lipinski definition) is 1. The molecule has 0 fully saturated rings. The summed E-state index contributed by atoms with van der Waals surface area (Å²) in [5, 5.41) is 4.95. The first kappa shape index (κ1) is 19.0. The van der Waals surface area contributed by atoms with Gasteiger partial charge in [0.05, 0.1) is 12.1 Å². The molecule has 0 saturated carbocycles. The molecule has 0 aliphatic carbocycles. The lowest BCUT2D eigenvalue weighted by Gasteiger charge is -2.13. The number of carbonyl (C=O) groups is 2. The van der Waals surface area contributed by atoms with E-state index in [4.69, 9.17) is 21.1 Å². The molecule has 0 unspecified atom stereocenters. The summed E-state index contributed by atoms with van der Waals surface area (Å²) in [5.74, 6) is -0.522. The number of anilines is 1. The quantitative estimate of drug-likeness (QED) is 0.600. The third kappa shape index (κ3) is 5.34. The van der Waals surface area contributed by atoms with Crippen molar-refractivity contribution in [1.82, 2.24) is 0 Å². The van der Waals surface area contributed by atoms with Crippen molar-refractivity contribution in [2.24, 2.45) is 0 Å². The maximum atomic E-state index is 12.1. The molecule has 1 heterocycles. The summed E-state index contributed by atoms with van der Waals surface area (Å²) in [7, 11) is 1.51. The maximum absolute atomic E-state index is 12.1. The van der Waals surface area contributed by atoms with E-state index in [2.05, 4.69) is 5.32 Å². The molecule has 1 aromatic heterocycles. The van der Waals surface area contributed by atoms with E-state index in [0.717, 1.165) is 10.4 Å². The molecule has 1 amide bonds. The highest BCUT2D eigenvalue weighted by atomic mass is 35.5. The van der Waals surface area contributed by atoms with Gasteiger partial charge in [-0.15, -0.1) is 11.3 Å². The molecule has 5 nitrogen and oxygen atoms in total. The molecule has 7 heteroatoms. The number of methoxy groups -OCH3 is 1. The van der Waals surface area contributed by atoms with E-state index in [1.54, 1.807) is 24.3 Å². The number of rotatable bonds is 6. The van der Waals surface area contributed by atoms with E-state index in [0.29, 0.717) is 16.5 Å². The van der Waals surface area contributed by atoms with Crippen molar-refractivity contribution in [2.45, 2.75) is 20.0 Å². The lowest BCUT2D eigenvalue weighted by atomic mass is 10.2. The third-order valence-electron chi connectivity index (χ3n) is 3.35. The SMILES string of the molecule is COc1ccc(NC(=O)[C@@H](C)OC(=O)/C=C/c2sccc2C)cc1Cl. The van der Waals surface area contributed by atoms with Crippen molar-refractivity contribution < 1.29 is 19.1 Å². The Hall–Kier alpha value is -2.31. The molecule has 0 saturated heterocycles. The Kier molecular flexibility index (Phi) is 6.61. The number of hydrogen-bond acceptors (Lipinski definition) is 5. The molecule has 1 aromatic carbocycles. The third-order valence-corrected chi connectivity index (χ3v) is 4.63. The van der Waals surface area contributed by atoms with Gasteiger partial charge in [0.2, 0.25) is 0 Å². The van der Waals surface area contributed by atoms with Crippen LogP contribution in [0.4, 0.5) is 5.69 Å². The largest absolute Gasteiger partial charge is 0.495 e. The van der Waals surface area contributed by atoms with Gasteiger partial charge in [0.25, 0.3) is 5.91 Å². The molecule has 1 N–H and O–H groups in total. The first-order chi connectivity index (χ1) is 11.9. The van der Waals surface area contributed by atoms with Crippen molar-refractivity contribution in [3.63, 3.8) is 0 Å². The van der Waals surface area contributed by atoms with Crippen LogP contribution in [0.3, 0.4) is 0 Å². The average molecular weight is 380 g/mol. The number of amides is 1. The number of thiophene rings is 1. The van der Waals surface area contributed by atoms with Crippen LogP contribution in [0.2, 0.25) is 5.02 Å². The average Bonchev–Trinajstić information content (AvgIpc) is 2.98. The fraction of sp³-hybridized carbons (Fsp3) is 0.222. The van der Waals surface area contributed by atoms with Crippen molar-refractivity contribution in [3.8, 4) is 5.75 Å². The van der Waals surface area contributed by atoms with E-state index in [1.807, 2.05) is 18.4 Å². The van der Waals surface area contributed by atoms with Gasteiger partial charge in [0.15, 0.2) is 6.10 Å². The minimum atomic E-state index is -0.942. The number of benzene rings is 1. The van der Waals surface area contributed by atoms with Crippen LogP contribution < -0.4 is 10.1 Å². The first-order valence-corrected chi connectivity index (χ1v) is 8.73. The standard InChI is InChI=1S/C18H18ClNO4S/c1-11-8-9-25-16(11)6-7-17(21)24-12(2)18(22)20-13-4-5-15(23-3)14(19)10-13/h4-10,12H,1-3H3,(H,20,22)/b7-6+/t12-/m1/s1. The molecule has 0 spiro atoms. The van der Waals surface area contributed by atoms with Gasteiger partial charge in [0.1, 0.15) is 5.75 Å². The second-order valence-corrected chi connectivity index (χ2v) is 6.57. The van der Waals surface area contributed by atoms with Gasteiger partial charge in [-0.25, -0.2) is 4.79 Å². The number of ether oxygens (including phenoxy) is 2. The van der Waals surface area contributed by atoms with E-state index in [1.165, 1.54) is 31.4 Å². The number of esters is 1. The molecule has 2 rings (SSSR count). The molecule has 0 aliphatic rings. The van der Waals surface area contributed by atoms with Crippen LogP contribution in [0.1, 0.15) is 17.4 Å². The van der Waals surface area contributed by atoms with Crippen molar-refractivity contribution in [1.29, 1.82) is 0 Å². The van der Waals surface area contributed by atoms with Crippen LogP contribution in [-0.4, -0.2) is 25.1 Å². The zero-order valence-corrected chi connectivity index (χ0v) is 15.6. The summed E-state index contributed by atoms with van der Waals surface area (Å²) < 4.78 is 10.2. The molecule has 0 radical (unpaired) electrons. The molecule has 0 aliphatic heterocycles. The second-order valence-electron chi connectivity index (χ2n) is 5.22. The second kappa shape index (κ2) is 8.69. The Morgan fingerprint density at radius 2 is 2.08 bits per heavy atom. The monoisotopic (exact) mass is 379 g/mol. The lowest BCUT2D eigenvalue weighted by molar-refractivity contribution is -0.148. The predicted molar refractivity (Wildman–Crippen MR) is 100 cm³/mol. The molecule has 2 aromatic rings. The van der Waals surface area contributed by atoms with E-state index in [9.17, 15) is 9.59 Å². The van der Waals surface area contributed by atoms with E-state index >= 15 is 0 Å². The highest BCUT2D eigenvalue weighted by Crippen LogP contribution is 2.27. The van der Waals surface area contributed by atoms with Crippen molar-refractivity contribution >= 4 is 46.6 Å². The number of aryl methyl sites for hydroxylation is 1. The van der Waals surface area contributed by atoms with Crippen LogP contribution in [0.25, 0.3) is 6.08 Å². The highest BCUT2D eigenvalue weighted by molar-refractivity contribution is 7.11. The zero-order chi connectivity index (χ0) is 18.4.